The van der Waals surface area contributed by atoms with Gasteiger partial charge in [-0.2, -0.15) is 0 Å². The largest absolute Gasteiger partial charge is 0.383 e. The molecule has 140 valence electrons. The van der Waals surface area contributed by atoms with Crippen molar-refractivity contribution in [2.75, 3.05) is 10.6 Å². The van der Waals surface area contributed by atoms with Crippen LogP contribution in [0.25, 0.3) is 21.3 Å². The first-order chi connectivity index (χ1) is 13.5. The highest BCUT2D eigenvalue weighted by Crippen LogP contribution is 2.40. The van der Waals surface area contributed by atoms with Crippen molar-refractivity contribution in [3.8, 4) is 11.1 Å². The van der Waals surface area contributed by atoms with E-state index in [1.165, 1.54) is 22.6 Å². The van der Waals surface area contributed by atoms with Crippen molar-refractivity contribution >= 4 is 68.0 Å². The number of fused-ring (bicyclic) bond motifs is 1. The summed E-state index contributed by atoms with van der Waals surface area (Å²) in [5.41, 5.74) is 14.3. The summed E-state index contributed by atoms with van der Waals surface area (Å²) in [6.07, 6.45) is 1.43. The number of thiophene rings is 1. The van der Waals surface area contributed by atoms with Crippen LogP contribution in [0.5, 0.6) is 0 Å². The maximum Gasteiger partial charge on any atom is 0.323 e. The van der Waals surface area contributed by atoms with E-state index < -0.39 is 6.03 Å². The molecule has 0 aliphatic rings. The van der Waals surface area contributed by atoms with E-state index in [-0.39, 0.29) is 0 Å². The molecule has 0 saturated carbocycles. The zero-order valence-corrected chi connectivity index (χ0v) is 16.6. The van der Waals surface area contributed by atoms with Gasteiger partial charge < -0.3 is 11.5 Å². The zero-order valence-electron chi connectivity index (χ0n) is 14.3. The Bertz CT molecular complexity index is 1210. The number of carbonyl (C=O) groups is 1. The van der Waals surface area contributed by atoms with Gasteiger partial charge in [-0.25, -0.2) is 14.8 Å². The molecular weight excluding hydrogens is 417 g/mol. The first-order valence-electron chi connectivity index (χ1n) is 8.08. The second-order valence-electron chi connectivity index (χ2n) is 5.91. The van der Waals surface area contributed by atoms with Crippen molar-refractivity contribution in [3.63, 3.8) is 0 Å². The van der Waals surface area contributed by atoms with Crippen molar-refractivity contribution in [2.45, 2.75) is 0 Å². The summed E-state index contributed by atoms with van der Waals surface area (Å²) >= 11 is 14.1. The van der Waals surface area contributed by atoms with E-state index in [0.717, 1.165) is 21.3 Å². The number of anilines is 3. The number of nitrogens with two attached hydrogens (primary N) is 2. The molecule has 2 heterocycles. The van der Waals surface area contributed by atoms with Crippen LogP contribution < -0.4 is 16.4 Å². The SMILES string of the molecule is NC(=O)N(c1cccc(Cl)c1)c1ccc(-c2csc3ncnc(N)c23)c(Cl)c1. The van der Waals surface area contributed by atoms with E-state index >= 15 is 0 Å². The summed E-state index contributed by atoms with van der Waals surface area (Å²) in [6.45, 7) is 0. The van der Waals surface area contributed by atoms with Gasteiger partial charge in [-0.3, -0.25) is 4.90 Å². The average molecular weight is 430 g/mol. The number of hydrogen-bond acceptors (Lipinski definition) is 5. The maximum atomic E-state index is 12.1. The van der Waals surface area contributed by atoms with Gasteiger partial charge >= 0.3 is 6.03 Å². The van der Waals surface area contributed by atoms with E-state index in [4.69, 9.17) is 34.7 Å². The van der Waals surface area contributed by atoms with Crippen LogP contribution in [0.2, 0.25) is 10.0 Å². The third kappa shape index (κ3) is 3.24. The molecule has 0 aliphatic carbocycles. The molecule has 2 aromatic carbocycles. The number of nitrogen functional groups attached to an aromatic ring is 1. The Balaban J connectivity index is 1.82. The van der Waals surface area contributed by atoms with Crippen molar-refractivity contribution in [3.05, 3.63) is 64.2 Å². The second-order valence-corrected chi connectivity index (χ2v) is 7.61. The third-order valence-corrected chi connectivity index (χ3v) is 5.62. The van der Waals surface area contributed by atoms with Crippen molar-refractivity contribution in [2.24, 2.45) is 5.73 Å². The van der Waals surface area contributed by atoms with Crippen LogP contribution in [-0.4, -0.2) is 16.0 Å². The predicted octanol–water partition coefficient (Wildman–Crippen LogP) is 5.46. The molecule has 0 aliphatic heterocycles. The fourth-order valence-corrected chi connectivity index (χ4v) is 4.35. The number of urea groups is 1. The highest BCUT2D eigenvalue weighted by Gasteiger charge is 2.19. The number of rotatable bonds is 3. The number of primary amides is 1. The lowest BCUT2D eigenvalue weighted by atomic mass is 10.1. The van der Waals surface area contributed by atoms with Crippen LogP contribution in [-0.2, 0) is 0 Å². The predicted molar refractivity (Wildman–Crippen MR) is 115 cm³/mol. The molecule has 28 heavy (non-hydrogen) atoms. The van der Waals surface area contributed by atoms with Crippen LogP contribution in [0, 0.1) is 0 Å². The van der Waals surface area contributed by atoms with Crippen molar-refractivity contribution in [1.82, 2.24) is 9.97 Å². The Morgan fingerprint density at radius 1 is 1.04 bits per heavy atom. The molecule has 0 fully saturated rings. The van der Waals surface area contributed by atoms with Crippen LogP contribution in [0.4, 0.5) is 22.0 Å². The van der Waals surface area contributed by atoms with Crippen LogP contribution in [0.15, 0.2) is 54.2 Å². The molecule has 0 spiro atoms. The Morgan fingerprint density at radius 3 is 2.54 bits per heavy atom. The number of nitrogens with zero attached hydrogens (tertiary/aromatic N) is 3. The molecule has 2 aromatic heterocycles. The van der Waals surface area contributed by atoms with Gasteiger partial charge in [-0.1, -0.05) is 35.3 Å². The lowest BCUT2D eigenvalue weighted by Crippen LogP contribution is -2.31. The van der Waals surface area contributed by atoms with Gasteiger partial charge in [0.2, 0.25) is 0 Å². The number of carbonyl (C=O) groups excluding carboxylic acids is 1. The summed E-state index contributed by atoms with van der Waals surface area (Å²) in [4.78, 5) is 22.5. The molecule has 9 heteroatoms. The lowest BCUT2D eigenvalue weighted by molar-refractivity contribution is 0.256. The summed E-state index contributed by atoms with van der Waals surface area (Å²) in [6, 6.07) is 11.4. The second kappa shape index (κ2) is 7.27. The van der Waals surface area contributed by atoms with E-state index in [2.05, 4.69) is 9.97 Å². The summed E-state index contributed by atoms with van der Waals surface area (Å²) in [5, 5.41) is 3.61. The Kier molecular flexibility index (Phi) is 4.80. The highest BCUT2D eigenvalue weighted by molar-refractivity contribution is 7.17. The molecule has 6 nitrogen and oxygen atoms in total. The first-order valence-corrected chi connectivity index (χ1v) is 9.72. The fourth-order valence-electron chi connectivity index (χ4n) is 2.98. The fraction of sp³-hybridized carbons (Fsp3) is 0. The normalized spacial score (nSPS) is 10.9. The number of hydrogen-bond donors (Lipinski definition) is 2. The van der Waals surface area contributed by atoms with Crippen LogP contribution >= 0.6 is 34.5 Å². The monoisotopic (exact) mass is 429 g/mol. The quantitative estimate of drug-likeness (QED) is 0.451. The van der Waals surface area contributed by atoms with Gasteiger partial charge in [-0.05, 0) is 30.3 Å². The van der Waals surface area contributed by atoms with E-state index in [1.54, 1.807) is 36.4 Å². The summed E-state index contributed by atoms with van der Waals surface area (Å²) in [7, 11) is 0. The molecule has 0 atom stereocenters. The van der Waals surface area contributed by atoms with Crippen LogP contribution in [0.3, 0.4) is 0 Å². The summed E-state index contributed by atoms with van der Waals surface area (Å²) < 4.78 is 0. The Hall–Kier alpha value is -2.87. The number of aromatic nitrogens is 2. The van der Waals surface area contributed by atoms with E-state index in [1.807, 2.05) is 11.4 Å². The highest BCUT2D eigenvalue weighted by atomic mass is 35.5. The molecule has 0 unspecified atom stereocenters. The van der Waals surface area contributed by atoms with Crippen molar-refractivity contribution in [1.29, 1.82) is 0 Å². The van der Waals surface area contributed by atoms with Crippen molar-refractivity contribution < 1.29 is 4.79 Å². The van der Waals surface area contributed by atoms with Gasteiger partial charge in [0.15, 0.2) is 0 Å². The average Bonchev–Trinajstić information content (AvgIpc) is 3.07. The smallest absolute Gasteiger partial charge is 0.323 e. The summed E-state index contributed by atoms with van der Waals surface area (Å²) in [5.74, 6) is 0.388. The molecule has 0 radical (unpaired) electrons. The molecule has 0 saturated heterocycles. The Morgan fingerprint density at radius 2 is 1.82 bits per heavy atom. The molecule has 4 rings (SSSR count). The Labute approximate surface area is 174 Å². The lowest BCUT2D eigenvalue weighted by Gasteiger charge is -2.21. The maximum absolute atomic E-state index is 12.1. The minimum absolute atomic E-state index is 0.388. The molecule has 0 bridgehead atoms. The number of benzene rings is 2. The molecule has 4 N–H and O–H groups in total. The topological polar surface area (TPSA) is 98.1 Å². The van der Waals surface area contributed by atoms with Gasteiger partial charge in [0.1, 0.15) is 17.0 Å². The van der Waals surface area contributed by atoms with Gasteiger partial charge in [-0.15, -0.1) is 11.3 Å². The number of halogens is 2. The first kappa shape index (κ1) is 18.5. The minimum Gasteiger partial charge on any atom is -0.383 e. The third-order valence-electron chi connectivity index (χ3n) is 4.19. The molecular formula is C19H13Cl2N5OS. The van der Waals surface area contributed by atoms with Gasteiger partial charge in [0, 0.05) is 21.5 Å². The van der Waals surface area contributed by atoms with Gasteiger partial charge in [0.25, 0.3) is 0 Å². The molecule has 4 aromatic rings. The minimum atomic E-state index is -0.648. The van der Waals surface area contributed by atoms with E-state index in [0.29, 0.717) is 27.2 Å². The zero-order chi connectivity index (χ0) is 19.8. The van der Waals surface area contributed by atoms with Crippen LogP contribution in [0.1, 0.15) is 0 Å². The van der Waals surface area contributed by atoms with Gasteiger partial charge in [0.05, 0.1) is 21.8 Å². The molecule has 2 amide bonds. The van der Waals surface area contributed by atoms with E-state index in [9.17, 15) is 4.79 Å². The standard InChI is InChI=1S/C19H13Cl2N5OS/c20-10-2-1-3-11(6-10)26(19(23)27)12-4-5-13(15(21)7-12)14-8-28-18-16(14)17(22)24-9-25-18/h1-9H,(H2,23,27)(H2,22,24,25). The number of amides is 2.